The molecule has 2 unspecified atom stereocenters. The van der Waals surface area contributed by atoms with Crippen LogP contribution in [-0.4, -0.2) is 93.3 Å². The number of amides is 2. The molecule has 1 saturated heterocycles. The molecule has 1 aliphatic carbocycles. The number of carboxylic acid groups (broad SMARTS) is 2. The third kappa shape index (κ3) is 5.13. The number of nitrogens with one attached hydrogen (secondary N) is 2. The number of H-pyrrole nitrogens is 1. The minimum Gasteiger partial charge on any atom is -0.478 e. The lowest BCUT2D eigenvalue weighted by atomic mass is 9.80. The van der Waals surface area contributed by atoms with Gasteiger partial charge in [0.05, 0.1) is 0 Å². The van der Waals surface area contributed by atoms with Gasteiger partial charge in [0.2, 0.25) is 5.60 Å². The summed E-state index contributed by atoms with van der Waals surface area (Å²) in [5.74, 6) is -3.69. The normalized spacial score (nSPS) is 21.6. The van der Waals surface area contributed by atoms with Crippen LogP contribution in [0.15, 0.2) is 38.0 Å². The number of nitrogen functional groups attached to an aromatic ring is 1. The van der Waals surface area contributed by atoms with Crippen LogP contribution in [0.2, 0.25) is 0 Å². The number of nitrogens with two attached hydrogens (primary N) is 1. The van der Waals surface area contributed by atoms with Crippen molar-refractivity contribution in [2.75, 3.05) is 17.2 Å². The van der Waals surface area contributed by atoms with Gasteiger partial charge in [0.25, 0.3) is 17.4 Å². The molecule has 0 bridgehead atoms. The van der Waals surface area contributed by atoms with Crippen molar-refractivity contribution in [3.05, 3.63) is 38.9 Å². The highest BCUT2D eigenvalue weighted by atomic mass is 32.2. The van der Waals surface area contributed by atoms with Gasteiger partial charge in [-0.25, -0.2) is 14.6 Å². The molecule has 3 aliphatic rings. The Balaban J connectivity index is 1.33. The highest BCUT2D eigenvalue weighted by molar-refractivity contribution is 8.01. The van der Waals surface area contributed by atoms with E-state index in [-0.39, 0.29) is 51.7 Å². The van der Waals surface area contributed by atoms with Gasteiger partial charge in [0, 0.05) is 29.7 Å². The number of oxime groups is 1. The Labute approximate surface area is 236 Å². The summed E-state index contributed by atoms with van der Waals surface area (Å²) in [7, 11) is 0. The number of carboxylic acids is 2. The van der Waals surface area contributed by atoms with Gasteiger partial charge in [-0.05, 0) is 12.0 Å². The minimum absolute atomic E-state index is 0.0345. The fraction of sp³-hybridized carbons (Fsp3) is 0.381. The number of fused-ring (bicyclic) bond motifs is 1. The lowest BCUT2D eigenvalue weighted by Crippen LogP contribution is -2.71. The first-order valence-electron chi connectivity index (χ1n) is 11.6. The van der Waals surface area contributed by atoms with Crippen LogP contribution in [0.25, 0.3) is 0 Å². The average Bonchev–Trinajstić information content (AvgIpc) is 3.32. The smallest absolute Gasteiger partial charge is 0.352 e. The highest BCUT2D eigenvalue weighted by Crippen LogP contribution is 2.41. The van der Waals surface area contributed by atoms with E-state index in [4.69, 9.17) is 10.6 Å². The molecule has 2 aromatic rings. The third-order valence-corrected chi connectivity index (χ3v) is 9.28. The third-order valence-electron chi connectivity index (χ3n) is 6.32. The number of hydrogen-bond acceptors (Lipinski definition) is 14. The fourth-order valence-electron chi connectivity index (χ4n) is 4.10. The number of hydrogen-bond donors (Lipinski definition) is 5. The largest absolute Gasteiger partial charge is 0.478 e. The van der Waals surface area contributed by atoms with E-state index >= 15 is 0 Å². The monoisotopic (exact) mass is 608 g/mol. The number of carbonyl (C=O) groups is 4. The van der Waals surface area contributed by atoms with Crippen molar-refractivity contribution in [3.8, 4) is 0 Å². The zero-order valence-electron chi connectivity index (χ0n) is 20.2. The topological polar surface area (TPSA) is 243 Å². The molecule has 0 aromatic carbocycles. The van der Waals surface area contributed by atoms with Gasteiger partial charge in [-0.1, -0.05) is 16.9 Å². The molecule has 210 valence electrons. The van der Waals surface area contributed by atoms with Crippen molar-refractivity contribution in [2.45, 2.75) is 41.4 Å². The molecule has 4 heterocycles. The number of β-lactam (4-membered cyclic amide) rings is 1. The van der Waals surface area contributed by atoms with Crippen molar-refractivity contribution in [3.63, 3.8) is 0 Å². The summed E-state index contributed by atoms with van der Waals surface area (Å²) in [6.07, 6.45) is 2.05. The van der Waals surface area contributed by atoms with Crippen molar-refractivity contribution in [2.24, 2.45) is 5.16 Å². The van der Waals surface area contributed by atoms with Gasteiger partial charge >= 0.3 is 11.9 Å². The van der Waals surface area contributed by atoms with Gasteiger partial charge in [-0.3, -0.25) is 24.3 Å². The van der Waals surface area contributed by atoms with Crippen LogP contribution in [0.5, 0.6) is 0 Å². The molecule has 6 N–H and O–H groups in total. The summed E-state index contributed by atoms with van der Waals surface area (Å²) in [4.78, 5) is 74.4. The van der Waals surface area contributed by atoms with E-state index in [2.05, 4.69) is 30.6 Å². The first kappa shape index (κ1) is 27.6. The molecule has 2 atom stereocenters. The Kier molecular flexibility index (Phi) is 7.51. The summed E-state index contributed by atoms with van der Waals surface area (Å²) in [6.45, 7) is 0. The Hall–Kier alpha value is -3.97. The molecule has 2 aliphatic heterocycles. The predicted molar refractivity (Wildman–Crippen MR) is 141 cm³/mol. The Morgan fingerprint density at radius 2 is 2.10 bits per heavy atom. The number of nitrogens with zero attached hydrogens (tertiary/aromatic N) is 5. The number of rotatable bonds is 10. The van der Waals surface area contributed by atoms with E-state index in [0.29, 0.717) is 12.0 Å². The SMILES string of the molecule is Nc1nc(/C(=N\OC2(C(=O)O)CCC2)C(=O)NC2C(=O)N3C(C(=O)O)=C(CSc4nncc(=O)[nH]4)CSC23)cs1. The first-order chi connectivity index (χ1) is 19.1. The predicted octanol–water partition coefficient (Wildman–Crippen LogP) is -0.538. The molecule has 16 nitrogen and oxygen atoms in total. The van der Waals surface area contributed by atoms with Crippen LogP contribution in [0.1, 0.15) is 25.0 Å². The zero-order chi connectivity index (χ0) is 28.6. The van der Waals surface area contributed by atoms with Gasteiger partial charge < -0.3 is 26.1 Å². The van der Waals surface area contributed by atoms with Crippen molar-refractivity contribution < 1.29 is 34.2 Å². The van der Waals surface area contributed by atoms with E-state index in [1.165, 1.54) is 17.1 Å². The summed E-state index contributed by atoms with van der Waals surface area (Å²) in [6, 6.07) is -1.09. The molecule has 5 rings (SSSR count). The molecule has 0 radical (unpaired) electrons. The number of thioether (sulfide) groups is 2. The van der Waals surface area contributed by atoms with E-state index < -0.39 is 46.3 Å². The van der Waals surface area contributed by atoms with Gasteiger partial charge in [0.1, 0.15) is 29.0 Å². The molecule has 0 spiro atoms. The maximum absolute atomic E-state index is 13.2. The molecule has 2 amide bonds. The van der Waals surface area contributed by atoms with Crippen LogP contribution >= 0.6 is 34.9 Å². The molecule has 2 fully saturated rings. The van der Waals surface area contributed by atoms with Crippen LogP contribution in [0.3, 0.4) is 0 Å². The van der Waals surface area contributed by atoms with Crippen molar-refractivity contribution in [1.82, 2.24) is 30.4 Å². The Morgan fingerprint density at radius 1 is 1.32 bits per heavy atom. The number of aliphatic carboxylic acids is 2. The average molecular weight is 609 g/mol. The quantitative estimate of drug-likeness (QED) is 0.0985. The van der Waals surface area contributed by atoms with E-state index in [1.807, 2.05) is 0 Å². The van der Waals surface area contributed by atoms with Crippen LogP contribution in [-0.2, 0) is 24.0 Å². The number of thiazole rings is 1. The lowest BCUT2D eigenvalue weighted by molar-refractivity contribution is -0.178. The Bertz CT molecular complexity index is 1520. The summed E-state index contributed by atoms with van der Waals surface area (Å²) in [5.41, 5.74) is 3.57. The van der Waals surface area contributed by atoms with E-state index in [1.54, 1.807) is 0 Å². The Morgan fingerprint density at radius 3 is 2.70 bits per heavy atom. The second-order valence-corrected chi connectivity index (χ2v) is 11.8. The van der Waals surface area contributed by atoms with Gasteiger partial charge in [-0.2, -0.15) is 5.10 Å². The summed E-state index contributed by atoms with van der Waals surface area (Å²) < 4.78 is 0. The van der Waals surface area contributed by atoms with Gasteiger partial charge in [-0.15, -0.1) is 28.2 Å². The molecule has 1 saturated carbocycles. The molecule has 19 heteroatoms. The molecule has 40 heavy (non-hydrogen) atoms. The fourth-order valence-corrected chi connectivity index (χ4v) is 6.95. The summed E-state index contributed by atoms with van der Waals surface area (Å²) in [5, 5.41) is 34.1. The van der Waals surface area contributed by atoms with Gasteiger partial charge in [0.15, 0.2) is 16.0 Å². The van der Waals surface area contributed by atoms with Crippen LogP contribution < -0.4 is 16.6 Å². The number of aromatic nitrogens is 4. The molecular formula is C21H20N8O8S3. The standard InChI is InChI=1S/C21H20N8O8S3/c22-19-24-9(7-39-19)11(28-37-21(18(35)36)2-1-3-21)14(31)26-12-15(32)29-13(17(33)34)8(5-38-16(12)29)6-40-20-25-10(30)4-23-27-20/h4,7,12,16H,1-3,5-6H2,(H2,22,24)(H,26,31)(H,33,34)(H,35,36)(H,25,27,30)/b28-11+. The number of anilines is 1. The molecule has 2 aromatic heterocycles. The summed E-state index contributed by atoms with van der Waals surface area (Å²) >= 11 is 3.34. The second-order valence-electron chi connectivity index (χ2n) is 8.80. The van der Waals surface area contributed by atoms with Crippen molar-refractivity contribution in [1.29, 1.82) is 0 Å². The number of aromatic amines is 1. The second kappa shape index (κ2) is 10.9. The lowest BCUT2D eigenvalue weighted by Gasteiger charge is -2.49. The number of carbonyl (C=O) groups excluding carboxylic acids is 2. The maximum Gasteiger partial charge on any atom is 0.352 e. The maximum atomic E-state index is 13.2. The minimum atomic E-state index is -1.55. The van der Waals surface area contributed by atoms with Crippen molar-refractivity contribution >= 4 is 69.5 Å². The molecular weight excluding hydrogens is 588 g/mol. The van der Waals surface area contributed by atoms with E-state index in [9.17, 15) is 34.2 Å². The highest BCUT2D eigenvalue weighted by Gasteiger charge is 2.54. The first-order valence-corrected chi connectivity index (χ1v) is 14.5. The van der Waals surface area contributed by atoms with Crippen LogP contribution in [0, 0.1) is 0 Å². The van der Waals surface area contributed by atoms with Crippen LogP contribution in [0.4, 0.5) is 5.13 Å². The van der Waals surface area contributed by atoms with E-state index in [0.717, 1.165) is 34.2 Å². The zero-order valence-corrected chi connectivity index (χ0v) is 22.7.